The molecule has 0 radical (unpaired) electrons. The van der Waals surface area contributed by atoms with Crippen LogP contribution in [0.15, 0.2) is 35.3 Å². The molecule has 3 heteroatoms. The first-order valence-electron chi connectivity index (χ1n) is 4.39. The summed E-state index contributed by atoms with van der Waals surface area (Å²) in [6.07, 6.45) is 2.82. The van der Waals surface area contributed by atoms with E-state index in [-0.39, 0.29) is 0 Å². The Labute approximate surface area is 97.5 Å². The predicted octanol–water partition coefficient (Wildman–Crippen LogP) is 4.10. The fourth-order valence-corrected chi connectivity index (χ4v) is 1.60. The maximum absolute atomic E-state index is 9.75. The first kappa shape index (κ1) is 11.8. The molecule has 0 aromatic heterocycles. The highest BCUT2D eigenvalue weighted by atomic mass is 79.9. The zero-order valence-corrected chi connectivity index (χ0v) is 10.1. The van der Waals surface area contributed by atoms with Crippen molar-refractivity contribution in [2.75, 3.05) is 0 Å². The Morgan fingerprint density at radius 2 is 2.29 bits per heavy atom. The fourth-order valence-electron chi connectivity index (χ4n) is 1.16. The van der Waals surface area contributed by atoms with Crippen molar-refractivity contribution in [3.8, 4) is 0 Å². The summed E-state index contributed by atoms with van der Waals surface area (Å²) in [6, 6.07) is 5.48. The molecular formula is C11H12BrClO. The number of aliphatic hydroxyl groups is 1. The molecule has 14 heavy (non-hydrogen) atoms. The van der Waals surface area contributed by atoms with Gasteiger partial charge in [0.25, 0.3) is 0 Å². The zero-order valence-electron chi connectivity index (χ0n) is 7.71. The highest BCUT2D eigenvalue weighted by Crippen LogP contribution is 2.27. The van der Waals surface area contributed by atoms with E-state index in [9.17, 15) is 5.11 Å². The second-order valence-electron chi connectivity index (χ2n) is 3.06. The van der Waals surface area contributed by atoms with Crippen molar-refractivity contribution in [2.24, 2.45) is 0 Å². The Kier molecular flexibility index (Phi) is 4.66. The summed E-state index contributed by atoms with van der Waals surface area (Å²) in [5.41, 5.74) is 0.847. The highest BCUT2D eigenvalue weighted by Gasteiger charge is 2.07. The summed E-state index contributed by atoms with van der Waals surface area (Å²) in [4.78, 5) is 0. The minimum Gasteiger partial charge on any atom is -0.388 e. The van der Waals surface area contributed by atoms with Crippen molar-refractivity contribution in [3.05, 3.63) is 45.9 Å². The van der Waals surface area contributed by atoms with Gasteiger partial charge in [-0.05, 0) is 46.5 Å². The van der Waals surface area contributed by atoms with E-state index in [1.807, 2.05) is 12.1 Å². The molecule has 0 aliphatic heterocycles. The van der Waals surface area contributed by atoms with Gasteiger partial charge in [0.15, 0.2) is 0 Å². The summed E-state index contributed by atoms with van der Waals surface area (Å²) < 4.78 is 0.846. The molecule has 0 fully saturated rings. The van der Waals surface area contributed by atoms with E-state index >= 15 is 0 Å². The number of halogens is 2. The van der Waals surface area contributed by atoms with E-state index in [0.717, 1.165) is 16.5 Å². The largest absolute Gasteiger partial charge is 0.388 e. The molecule has 1 N–H and O–H groups in total. The molecule has 0 amide bonds. The van der Waals surface area contributed by atoms with Crippen molar-refractivity contribution in [1.29, 1.82) is 0 Å². The van der Waals surface area contributed by atoms with E-state index in [4.69, 9.17) is 11.6 Å². The Morgan fingerprint density at radius 1 is 1.57 bits per heavy atom. The molecule has 1 aromatic carbocycles. The Bertz CT molecular complexity index is 325. The van der Waals surface area contributed by atoms with Crippen LogP contribution < -0.4 is 0 Å². The molecule has 1 rings (SSSR count). The van der Waals surface area contributed by atoms with Crippen LogP contribution in [0.5, 0.6) is 0 Å². The van der Waals surface area contributed by atoms with Gasteiger partial charge in [0.2, 0.25) is 0 Å². The second kappa shape index (κ2) is 5.54. The van der Waals surface area contributed by atoms with E-state index in [1.165, 1.54) is 0 Å². The van der Waals surface area contributed by atoms with E-state index < -0.39 is 6.10 Å². The van der Waals surface area contributed by atoms with Gasteiger partial charge in [0.05, 0.1) is 11.1 Å². The zero-order chi connectivity index (χ0) is 10.6. The van der Waals surface area contributed by atoms with E-state index in [1.54, 1.807) is 12.1 Å². The van der Waals surface area contributed by atoms with Gasteiger partial charge in [-0.25, -0.2) is 0 Å². The lowest BCUT2D eigenvalue weighted by Crippen LogP contribution is -1.96. The van der Waals surface area contributed by atoms with Crippen molar-refractivity contribution in [1.82, 2.24) is 0 Å². The average Bonchev–Trinajstić information content (AvgIpc) is 2.18. The molecule has 1 nitrogen and oxygen atoms in total. The van der Waals surface area contributed by atoms with Crippen LogP contribution in [-0.2, 0) is 0 Å². The van der Waals surface area contributed by atoms with Crippen molar-refractivity contribution < 1.29 is 5.11 Å². The quantitative estimate of drug-likeness (QED) is 0.820. The first-order chi connectivity index (χ1) is 6.65. The van der Waals surface area contributed by atoms with E-state index in [0.29, 0.717) is 11.4 Å². The topological polar surface area (TPSA) is 20.2 Å². The molecule has 0 bridgehead atoms. The number of aliphatic hydroxyl groups excluding tert-OH is 1. The standard InChI is InChI=1S/C11H12BrClO/c1-2-3-4-11(14)8-5-6-9(12)10(13)7-8/h2,5-7,11,14H,1,3-4H2. The van der Waals surface area contributed by atoms with Crippen LogP contribution >= 0.6 is 27.5 Å². The summed E-state index contributed by atoms with van der Waals surface area (Å²) >= 11 is 9.22. The lowest BCUT2D eigenvalue weighted by molar-refractivity contribution is 0.169. The molecule has 0 heterocycles. The summed E-state index contributed by atoms with van der Waals surface area (Å²) in [6.45, 7) is 3.61. The van der Waals surface area contributed by atoms with Crippen LogP contribution in [0.2, 0.25) is 5.02 Å². The van der Waals surface area contributed by atoms with Crippen LogP contribution in [0, 0.1) is 0 Å². The minimum atomic E-state index is -0.460. The molecule has 0 saturated heterocycles. The smallest absolute Gasteiger partial charge is 0.0793 e. The monoisotopic (exact) mass is 274 g/mol. The lowest BCUT2D eigenvalue weighted by Gasteiger charge is -2.10. The van der Waals surface area contributed by atoms with Gasteiger partial charge in [0.1, 0.15) is 0 Å². The molecule has 76 valence electrons. The lowest BCUT2D eigenvalue weighted by atomic mass is 10.1. The normalized spacial score (nSPS) is 12.5. The summed E-state index contributed by atoms with van der Waals surface area (Å²) in [5.74, 6) is 0. The maximum Gasteiger partial charge on any atom is 0.0793 e. The maximum atomic E-state index is 9.75. The van der Waals surface area contributed by atoms with Crippen LogP contribution in [0.1, 0.15) is 24.5 Å². The highest BCUT2D eigenvalue weighted by molar-refractivity contribution is 9.10. The molecule has 0 aliphatic carbocycles. The number of hydrogen-bond donors (Lipinski definition) is 1. The fraction of sp³-hybridized carbons (Fsp3) is 0.273. The predicted molar refractivity (Wildman–Crippen MR) is 63.5 cm³/mol. The number of hydrogen-bond acceptors (Lipinski definition) is 1. The van der Waals surface area contributed by atoms with Gasteiger partial charge >= 0.3 is 0 Å². The van der Waals surface area contributed by atoms with Crippen LogP contribution in [0.25, 0.3) is 0 Å². The van der Waals surface area contributed by atoms with E-state index in [2.05, 4.69) is 22.5 Å². The van der Waals surface area contributed by atoms with Gasteiger partial charge < -0.3 is 5.11 Å². The molecular weight excluding hydrogens is 263 g/mol. The van der Waals surface area contributed by atoms with Crippen molar-refractivity contribution >= 4 is 27.5 Å². The van der Waals surface area contributed by atoms with Crippen LogP contribution in [0.3, 0.4) is 0 Å². The Balaban J connectivity index is 2.75. The van der Waals surface area contributed by atoms with Gasteiger partial charge in [-0.3, -0.25) is 0 Å². The first-order valence-corrected chi connectivity index (χ1v) is 5.56. The molecule has 0 spiro atoms. The summed E-state index contributed by atoms with van der Waals surface area (Å²) in [7, 11) is 0. The number of rotatable bonds is 4. The molecule has 0 saturated carbocycles. The van der Waals surface area contributed by atoms with Crippen molar-refractivity contribution in [3.63, 3.8) is 0 Å². The summed E-state index contributed by atoms with van der Waals surface area (Å²) in [5, 5.41) is 10.4. The molecule has 1 unspecified atom stereocenters. The minimum absolute atomic E-state index is 0.460. The van der Waals surface area contributed by atoms with Crippen LogP contribution in [0.4, 0.5) is 0 Å². The average molecular weight is 276 g/mol. The third kappa shape index (κ3) is 3.12. The van der Waals surface area contributed by atoms with Gasteiger partial charge in [-0.15, -0.1) is 6.58 Å². The van der Waals surface area contributed by atoms with Gasteiger partial charge in [-0.2, -0.15) is 0 Å². The SMILES string of the molecule is C=CCCC(O)c1ccc(Br)c(Cl)c1. The number of allylic oxidation sites excluding steroid dienone is 1. The molecule has 0 aliphatic rings. The second-order valence-corrected chi connectivity index (χ2v) is 4.32. The van der Waals surface area contributed by atoms with Gasteiger partial charge in [-0.1, -0.05) is 23.7 Å². The van der Waals surface area contributed by atoms with Gasteiger partial charge in [0, 0.05) is 4.47 Å². The molecule has 1 atom stereocenters. The van der Waals surface area contributed by atoms with Crippen LogP contribution in [-0.4, -0.2) is 5.11 Å². The van der Waals surface area contributed by atoms with Crippen molar-refractivity contribution in [2.45, 2.75) is 18.9 Å². The Morgan fingerprint density at radius 3 is 2.86 bits per heavy atom. The third-order valence-electron chi connectivity index (χ3n) is 1.97. The Hall–Kier alpha value is -0.310. The third-order valence-corrected chi connectivity index (χ3v) is 3.21. The molecule has 1 aromatic rings. The number of benzene rings is 1.